The number of alkyl halides is 1. The molecule has 1 aliphatic carbocycles. The molecule has 0 bridgehead atoms. The normalized spacial score (nSPS) is 43.2. The third-order valence-corrected chi connectivity index (χ3v) is 2.62. The van der Waals surface area contributed by atoms with Gasteiger partial charge in [-0.1, -0.05) is 12.8 Å². The number of rotatable bonds is 0. The molecule has 0 aromatic carbocycles. The van der Waals surface area contributed by atoms with Crippen molar-refractivity contribution in [2.24, 2.45) is 0 Å². The number of fused-ring (bicyclic) bond motifs is 1. The van der Waals surface area contributed by atoms with E-state index in [2.05, 4.69) is 0 Å². The zero-order chi connectivity index (χ0) is 8.39. The molecule has 1 saturated carbocycles. The molecule has 2 aliphatic rings. The maximum absolute atomic E-state index is 12.8. The van der Waals surface area contributed by atoms with Gasteiger partial charge in [0.15, 0.2) is 0 Å². The van der Waals surface area contributed by atoms with Crippen LogP contribution in [0, 0.1) is 0 Å². The second-order valence-corrected chi connectivity index (χ2v) is 3.63. The fraction of sp³-hybridized carbons (Fsp3) is 1.00. The minimum atomic E-state index is -0.921. The summed E-state index contributed by atoms with van der Waals surface area (Å²) in [6, 6.07) is 0. The summed E-state index contributed by atoms with van der Waals surface area (Å²) in [6.45, 7) is 0.447. The molecule has 0 spiro atoms. The number of halogens is 1. The Kier molecular flexibility index (Phi) is 2.61. The molecule has 0 aromatic heterocycles. The molecule has 1 aliphatic heterocycles. The Hall–Kier alpha value is -0.150. The summed E-state index contributed by atoms with van der Waals surface area (Å²) in [5.41, 5.74) is 0. The highest BCUT2D eigenvalue weighted by molar-refractivity contribution is 4.79. The summed E-state index contributed by atoms with van der Waals surface area (Å²) in [4.78, 5) is 0. The van der Waals surface area contributed by atoms with E-state index in [-0.39, 0.29) is 25.4 Å². The molecular formula is C9H15FO2. The Morgan fingerprint density at radius 3 is 1.92 bits per heavy atom. The first kappa shape index (κ1) is 8.45. The summed E-state index contributed by atoms with van der Waals surface area (Å²) in [5.74, 6) is 0. The van der Waals surface area contributed by atoms with Crippen LogP contribution in [-0.2, 0) is 9.47 Å². The average Bonchev–Trinajstić information content (AvgIpc) is 2.29. The summed E-state index contributed by atoms with van der Waals surface area (Å²) >= 11 is 0. The highest BCUT2D eigenvalue weighted by Crippen LogP contribution is 2.26. The number of hydrogen-bond donors (Lipinski definition) is 0. The SMILES string of the molecule is FC1COC2CCCCC2OC1. The number of hydrogen-bond acceptors (Lipinski definition) is 2. The van der Waals surface area contributed by atoms with E-state index in [1.54, 1.807) is 0 Å². The second-order valence-electron chi connectivity index (χ2n) is 3.63. The van der Waals surface area contributed by atoms with Gasteiger partial charge in [0.05, 0.1) is 25.4 Å². The van der Waals surface area contributed by atoms with Crippen molar-refractivity contribution in [2.45, 2.75) is 44.1 Å². The van der Waals surface area contributed by atoms with Crippen molar-refractivity contribution in [3.63, 3.8) is 0 Å². The van der Waals surface area contributed by atoms with E-state index < -0.39 is 6.17 Å². The maximum atomic E-state index is 12.8. The first-order valence-corrected chi connectivity index (χ1v) is 4.73. The van der Waals surface area contributed by atoms with Crippen molar-refractivity contribution in [1.29, 1.82) is 0 Å². The first-order chi connectivity index (χ1) is 5.86. The van der Waals surface area contributed by atoms with Crippen molar-refractivity contribution < 1.29 is 13.9 Å². The summed E-state index contributed by atoms with van der Waals surface area (Å²) < 4.78 is 23.7. The quantitative estimate of drug-likeness (QED) is 0.556. The van der Waals surface area contributed by atoms with Crippen LogP contribution in [0.5, 0.6) is 0 Å². The van der Waals surface area contributed by atoms with E-state index in [1.807, 2.05) is 0 Å². The van der Waals surface area contributed by atoms with Gasteiger partial charge in [0.2, 0.25) is 0 Å². The van der Waals surface area contributed by atoms with Crippen LogP contribution in [0.3, 0.4) is 0 Å². The largest absolute Gasteiger partial charge is 0.372 e. The molecule has 0 radical (unpaired) electrons. The van der Waals surface area contributed by atoms with Crippen LogP contribution in [-0.4, -0.2) is 31.6 Å². The Morgan fingerprint density at radius 1 is 0.917 bits per heavy atom. The molecule has 0 aromatic rings. The van der Waals surface area contributed by atoms with E-state index in [0.717, 1.165) is 12.8 Å². The third-order valence-electron chi connectivity index (χ3n) is 2.62. The highest BCUT2D eigenvalue weighted by Gasteiger charge is 2.30. The molecule has 1 saturated heterocycles. The van der Waals surface area contributed by atoms with Gasteiger partial charge in [0, 0.05) is 0 Å². The second kappa shape index (κ2) is 3.71. The van der Waals surface area contributed by atoms with Gasteiger partial charge in [-0.2, -0.15) is 0 Å². The first-order valence-electron chi connectivity index (χ1n) is 4.73. The van der Waals surface area contributed by atoms with E-state index in [0.29, 0.717) is 0 Å². The lowest BCUT2D eigenvalue weighted by molar-refractivity contribution is -0.0577. The third kappa shape index (κ3) is 1.77. The Morgan fingerprint density at radius 2 is 1.42 bits per heavy atom. The van der Waals surface area contributed by atoms with Gasteiger partial charge in [-0.25, -0.2) is 4.39 Å². The number of ether oxygens (including phenoxy) is 2. The van der Waals surface area contributed by atoms with Gasteiger partial charge in [-0.3, -0.25) is 0 Å². The van der Waals surface area contributed by atoms with Crippen LogP contribution < -0.4 is 0 Å². The fourth-order valence-corrected chi connectivity index (χ4v) is 1.95. The van der Waals surface area contributed by atoms with Crippen molar-refractivity contribution in [3.8, 4) is 0 Å². The van der Waals surface area contributed by atoms with Crippen molar-refractivity contribution in [1.82, 2.24) is 0 Å². The Bertz CT molecular complexity index is 135. The predicted molar refractivity (Wildman–Crippen MR) is 42.8 cm³/mol. The van der Waals surface area contributed by atoms with Crippen LogP contribution in [0.1, 0.15) is 25.7 Å². The highest BCUT2D eigenvalue weighted by atomic mass is 19.1. The van der Waals surface area contributed by atoms with E-state index >= 15 is 0 Å². The van der Waals surface area contributed by atoms with Gasteiger partial charge in [0.25, 0.3) is 0 Å². The Balaban J connectivity index is 1.94. The molecule has 2 fully saturated rings. The van der Waals surface area contributed by atoms with Crippen LogP contribution >= 0.6 is 0 Å². The van der Waals surface area contributed by atoms with Crippen LogP contribution in [0.15, 0.2) is 0 Å². The predicted octanol–water partition coefficient (Wildman–Crippen LogP) is 1.68. The molecule has 1 heterocycles. The van der Waals surface area contributed by atoms with Crippen molar-refractivity contribution >= 4 is 0 Å². The lowest BCUT2D eigenvalue weighted by atomic mass is 9.95. The van der Waals surface area contributed by atoms with Crippen LogP contribution in [0.2, 0.25) is 0 Å². The zero-order valence-corrected chi connectivity index (χ0v) is 7.17. The molecule has 2 rings (SSSR count). The van der Waals surface area contributed by atoms with E-state index in [9.17, 15) is 4.39 Å². The van der Waals surface area contributed by atoms with Gasteiger partial charge in [-0.15, -0.1) is 0 Å². The van der Waals surface area contributed by atoms with Crippen molar-refractivity contribution in [3.05, 3.63) is 0 Å². The van der Waals surface area contributed by atoms with Gasteiger partial charge in [0.1, 0.15) is 6.17 Å². The van der Waals surface area contributed by atoms with Gasteiger partial charge in [-0.05, 0) is 12.8 Å². The van der Waals surface area contributed by atoms with Gasteiger partial charge >= 0.3 is 0 Å². The summed E-state index contributed by atoms with van der Waals surface area (Å²) in [5, 5.41) is 0. The van der Waals surface area contributed by atoms with Crippen LogP contribution in [0.4, 0.5) is 4.39 Å². The van der Waals surface area contributed by atoms with Crippen LogP contribution in [0.25, 0.3) is 0 Å². The Labute approximate surface area is 72.0 Å². The minimum absolute atomic E-state index is 0.166. The molecular weight excluding hydrogens is 159 g/mol. The molecule has 0 N–H and O–H groups in total. The molecule has 3 heteroatoms. The molecule has 70 valence electrons. The summed E-state index contributed by atoms with van der Waals surface area (Å²) in [7, 11) is 0. The van der Waals surface area contributed by atoms with E-state index in [1.165, 1.54) is 12.8 Å². The molecule has 12 heavy (non-hydrogen) atoms. The standard InChI is InChI=1S/C9H15FO2/c10-7-5-11-8-3-1-2-4-9(8)12-6-7/h7-9H,1-6H2. The smallest absolute Gasteiger partial charge is 0.147 e. The lowest BCUT2D eigenvalue weighted by Crippen LogP contribution is -2.32. The lowest BCUT2D eigenvalue weighted by Gasteiger charge is -2.28. The molecule has 2 atom stereocenters. The monoisotopic (exact) mass is 174 g/mol. The minimum Gasteiger partial charge on any atom is -0.372 e. The topological polar surface area (TPSA) is 18.5 Å². The molecule has 2 unspecified atom stereocenters. The van der Waals surface area contributed by atoms with Crippen molar-refractivity contribution in [2.75, 3.05) is 13.2 Å². The maximum Gasteiger partial charge on any atom is 0.147 e. The van der Waals surface area contributed by atoms with Gasteiger partial charge < -0.3 is 9.47 Å². The molecule has 2 nitrogen and oxygen atoms in total. The molecule has 0 amide bonds. The van der Waals surface area contributed by atoms with E-state index in [4.69, 9.17) is 9.47 Å². The summed E-state index contributed by atoms with van der Waals surface area (Å²) in [6.07, 6.45) is 3.88. The average molecular weight is 174 g/mol. The fourth-order valence-electron chi connectivity index (χ4n) is 1.95. The zero-order valence-electron chi connectivity index (χ0n) is 7.17.